The summed E-state index contributed by atoms with van der Waals surface area (Å²) < 4.78 is 0.481. The van der Waals surface area contributed by atoms with E-state index in [2.05, 4.69) is 36.4 Å². The van der Waals surface area contributed by atoms with Crippen molar-refractivity contribution in [1.82, 2.24) is 0 Å². The van der Waals surface area contributed by atoms with Gasteiger partial charge in [0.25, 0.3) is 0 Å². The number of halogens is 1. The Hall–Kier alpha value is -0.320. The van der Waals surface area contributed by atoms with Crippen molar-refractivity contribution >= 4 is 28.6 Å². The number of hydrogen-bond donors (Lipinski definition) is 1. The molecule has 0 aromatic carbocycles. The van der Waals surface area contributed by atoms with Crippen LogP contribution in [-0.2, 0) is 4.79 Å². The molecule has 1 unspecified atom stereocenters. The Bertz CT molecular complexity index is 313. The molecule has 2 nitrogen and oxygen atoms in total. The van der Waals surface area contributed by atoms with Gasteiger partial charge in [0.1, 0.15) is 0 Å². The van der Waals surface area contributed by atoms with Gasteiger partial charge in [-0.3, -0.25) is 0 Å². The van der Waals surface area contributed by atoms with E-state index >= 15 is 0 Å². The van der Waals surface area contributed by atoms with Crippen molar-refractivity contribution in [2.45, 2.75) is 31.1 Å². The summed E-state index contributed by atoms with van der Waals surface area (Å²) in [7, 11) is 0. The topological polar surface area (TPSA) is 37.3 Å². The lowest BCUT2D eigenvalue weighted by molar-refractivity contribution is -0.132. The average Bonchev–Trinajstić information content (AvgIpc) is 2.01. The molecular formula is C11H15IO2. The smallest absolute Gasteiger partial charge is 0.331 e. The molecule has 0 amide bonds. The molecule has 0 bridgehead atoms. The zero-order valence-electron chi connectivity index (χ0n) is 8.67. The third-order valence-corrected chi connectivity index (χ3v) is 3.28. The molecule has 0 spiro atoms. The largest absolute Gasteiger partial charge is 0.478 e. The highest BCUT2D eigenvalue weighted by Crippen LogP contribution is 2.34. The maximum absolute atomic E-state index is 10.8. The van der Waals surface area contributed by atoms with Gasteiger partial charge in [-0.05, 0) is 32.3 Å². The minimum Gasteiger partial charge on any atom is -0.478 e. The lowest BCUT2D eigenvalue weighted by atomic mass is 9.83. The summed E-state index contributed by atoms with van der Waals surface area (Å²) in [5.41, 5.74) is 3.05. The van der Waals surface area contributed by atoms with Gasteiger partial charge in [0.05, 0.1) is 0 Å². The molecule has 0 radical (unpaired) electrons. The Morgan fingerprint density at radius 1 is 1.71 bits per heavy atom. The average molecular weight is 306 g/mol. The summed E-state index contributed by atoms with van der Waals surface area (Å²) in [5, 5.41) is 8.91. The van der Waals surface area contributed by atoms with Crippen molar-refractivity contribution in [1.29, 1.82) is 0 Å². The molecule has 1 aliphatic carbocycles. The van der Waals surface area contributed by atoms with Gasteiger partial charge in [-0.15, -0.1) is 0 Å². The number of carbonyl (C=O) groups is 1. The lowest BCUT2D eigenvalue weighted by Gasteiger charge is -2.25. The normalized spacial score (nSPS) is 24.6. The first-order valence-corrected chi connectivity index (χ1v) is 5.96. The summed E-state index contributed by atoms with van der Waals surface area (Å²) in [6.07, 6.45) is 2.47. The third kappa shape index (κ3) is 2.38. The van der Waals surface area contributed by atoms with Crippen LogP contribution in [0.15, 0.2) is 22.8 Å². The fourth-order valence-corrected chi connectivity index (χ4v) is 3.19. The van der Waals surface area contributed by atoms with E-state index in [1.54, 1.807) is 0 Å². The Balaban J connectivity index is 3.07. The van der Waals surface area contributed by atoms with Crippen molar-refractivity contribution < 1.29 is 9.90 Å². The first kappa shape index (κ1) is 11.8. The second-order valence-corrected chi connectivity index (χ2v) is 5.70. The monoisotopic (exact) mass is 306 g/mol. The highest BCUT2D eigenvalue weighted by molar-refractivity contribution is 14.1. The van der Waals surface area contributed by atoms with Crippen molar-refractivity contribution in [3.05, 3.63) is 22.8 Å². The lowest BCUT2D eigenvalue weighted by Crippen LogP contribution is -2.17. The summed E-state index contributed by atoms with van der Waals surface area (Å²) in [5.74, 6) is -0.422. The van der Waals surface area contributed by atoms with E-state index in [9.17, 15) is 4.79 Å². The third-order valence-electron chi connectivity index (χ3n) is 2.61. The van der Waals surface area contributed by atoms with Crippen LogP contribution >= 0.6 is 22.6 Å². The molecule has 0 saturated heterocycles. The molecule has 0 fully saturated rings. The fraction of sp³-hybridized carbons (Fsp3) is 0.545. The second-order valence-electron chi connectivity index (χ2n) is 3.83. The molecule has 0 aromatic rings. The van der Waals surface area contributed by atoms with Gasteiger partial charge in [0.2, 0.25) is 0 Å². The van der Waals surface area contributed by atoms with Gasteiger partial charge in [0.15, 0.2) is 0 Å². The predicted octanol–water partition coefficient (Wildman–Crippen LogP) is 3.18. The van der Waals surface area contributed by atoms with Gasteiger partial charge >= 0.3 is 5.97 Å². The Labute approximate surface area is 98.2 Å². The minimum absolute atomic E-state index is 0.359. The number of hydrogen-bond acceptors (Lipinski definition) is 1. The summed E-state index contributed by atoms with van der Waals surface area (Å²) in [6, 6.07) is 0. The van der Waals surface area contributed by atoms with Crippen LogP contribution in [0.5, 0.6) is 0 Å². The number of aliphatic carboxylic acids is 1. The van der Waals surface area contributed by atoms with E-state index in [0.29, 0.717) is 21.8 Å². The van der Waals surface area contributed by atoms with Crippen LogP contribution in [0.3, 0.4) is 0 Å². The molecular weight excluding hydrogens is 291 g/mol. The first-order chi connectivity index (χ1) is 6.43. The van der Waals surface area contributed by atoms with Crippen molar-refractivity contribution in [2.24, 2.45) is 5.92 Å². The number of alkyl halides is 1. The minimum atomic E-state index is -0.781. The van der Waals surface area contributed by atoms with Gasteiger partial charge in [0, 0.05) is 9.50 Å². The van der Waals surface area contributed by atoms with E-state index in [-0.39, 0.29) is 0 Å². The molecule has 78 valence electrons. The van der Waals surface area contributed by atoms with Crippen LogP contribution in [0.4, 0.5) is 0 Å². The maximum Gasteiger partial charge on any atom is 0.331 e. The van der Waals surface area contributed by atoms with E-state index < -0.39 is 5.97 Å². The highest BCUT2D eigenvalue weighted by Gasteiger charge is 2.23. The summed E-state index contributed by atoms with van der Waals surface area (Å²) >= 11 is 2.38. The van der Waals surface area contributed by atoms with Crippen LogP contribution < -0.4 is 0 Å². The van der Waals surface area contributed by atoms with Gasteiger partial charge < -0.3 is 5.11 Å². The van der Waals surface area contributed by atoms with Crippen molar-refractivity contribution in [3.8, 4) is 0 Å². The Morgan fingerprint density at radius 2 is 2.29 bits per heavy atom. The van der Waals surface area contributed by atoms with Crippen LogP contribution in [0.1, 0.15) is 27.2 Å². The zero-order valence-corrected chi connectivity index (χ0v) is 10.8. The van der Waals surface area contributed by atoms with Crippen LogP contribution in [0.25, 0.3) is 0 Å². The molecule has 2 atom stereocenters. The van der Waals surface area contributed by atoms with Crippen LogP contribution in [-0.4, -0.2) is 15.0 Å². The number of carboxylic acid groups (broad SMARTS) is 1. The predicted molar refractivity (Wildman–Crippen MR) is 65.7 cm³/mol. The molecule has 14 heavy (non-hydrogen) atoms. The fourth-order valence-electron chi connectivity index (χ4n) is 2.09. The number of allylic oxidation sites excluding steroid dienone is 3. The standard InChI is InChI=1S/C11H15IO2/c1-6-4-9(11(13)14)5-7(2)10(6)8(3)12/h4,7-8H,5H2,1-3H3,(H,13,14)/t7?,8-/m1/s1. The second kappa shape index (κ2) is 4.47. The zero-order chi connectivity index (χ0) is 10.9. The van der Waals surface area contributed by atoms with E-state index in [1.807, 2.05) is 13.0 Å². The van der Waals surface area contributed by atoms with Gasteiger partial charge in [-0.1, -0.05) is 40.7 Å². The molecule has 1 rings (SSSR count). The van der Waals surface area contributed by atoms with E-state index in [4.69, 9.17) is 5.11 Å². The Kier molecular flexibility index (Phi) is 3.75. The molecule has 0 aromatic heterocycles. The molecule has 0 aliphatic heterocycles. The van der Waals surface area contributed by atoms with E-state index in [1.165, 1.54) is 5.57 Å². The van der Waals surface area contributed by atoms with Crippen LogP contribution in [0.2, 0.25) is 0 Å². The quantitative estimate of drug-likeness (QED) is 0.628. The first-order valence-electron chi connectivity index (χ1n) is 4.72. The molecule has 1 aliphatic rings. The molecule has 3 heteroatoms. The Morgan fingerprint density at radius 3 is 2.64 bits per heavy atom. The molecule has 1 N–H and O–H groups in total. The SMILES string of the molecule is CC1=C([C@@H](C)I)C(C)CC(C(=O)O)=C1. The van der Waals surface area contributed by atoms with Crippen LogP contribution in [0, 0.1) is 5.92 Å². The summed E-state index contributed by atoms with van der Waals surface area (Å²) in [6.45, 7) is 6.25. The molecule has 0 heterocycles. The molecule has 0 saturated carbocycles. The van der Waals surface area contributed by atoms with Crippen molar-refractivity contribution in [3.63, 3.8) is 0 Å². The maximum atomic E-state index is 10.8. The highest BCUT2D eigenvalue weighted by atomic mass is 127. The summed E-state index contributed by atoms with van der Waals surface area (Å²) in [4.78, 5) is 10.8. The van der Waals surface area contributed by atoms with E-state index in [0.717, 1.165) is 5.57 Å². The number of carboxylic acids is 1. The van der Waals surface area contributed by atoms with Crippen molar-refractivity contribution in [2.75, 3.05) is 0 Å². The van der Waals surface area contributed by atoms with Gasteiger partial charge in [-0.2, -0.15) is 0 Å². The number of rotatable bonds is 2. The van der Waals surface area contributed by atoms with Gasteiger partial charge in [-0.25, -0.2) is 4.79 Å².